The van der Waals surface area contributed by atoms with Gasteiger partial charge in [0.1, 0.15) is 0 Å². The van der Waals surface area contributed by atoms with E-state index in [0.717, 1.165) is 30.1 Å². The van der Waals surface area contributed by atoms with E-state index in [1.165, 1.54) is 17.3 Å². The number of nitrogens with one attached hydrogen (secondary N) is 1. The number of aryl methyl sites for hydroxylation is 1. The van der Waals surface area contributed by atoms with Crippen molar-refractivity contribution in [2.45, 2.75) is 56.7 Å². The van der Waals surface area contributed by atoms with Crippen LogP contribution in [0.1, 0.15) is 47.0 Å². The van der Waals surface area contributed by atoms with Crippen LogP contribution < -0.4 is 5.32 Å². The fraction of sp³-hybridized carbons (Fsp3) is 0.400. The number of benzene rings is 2. The molecule has 0 saturated carbocycles. The number of thioether (sulfide) groups is 1. The maximum Gasteiger partial charge on any atom is 0.252 e. The van der Waals surface area contributed by atoms with Gasteiger partial charge in [0.05, 0.1) is 23.5 Å². The summed E-state index contributed by atoms with van der Waals surface area (Å²) in [6.07, 6.45) is 0.529. The Bertz CT molecular complexity index is 1060. The van der Waals surface area contributed by atoms with E-state index in [0.29, 0.717) is 29.6 Å². The lowest BCUT2D eigenvalue weighted by molar-refractivity contribution is -0.0704. The van der Waals surface area contributed by atoms with Gasteiger partial charge in [0.25, 0.3) is 5.91 Å². The summed E-state index contributed by atoms with van der Waals surface area (Å²) in [4.78, 5) is 20.4. The molecule has 1 aliphatic rings. The normalized spacial score (nSPS) is 18.9. The Hall–Kier alpha value is -2.68. The molecule has 8 heteroatoms. The van der Waals surface area contributed by atoms with Crippen molar-refractivity contribution in [3.8, 4) is 0 Å². The van der Waals surface area contributed by atoms with Gasteiger partial charge < -0.3 is 14.6 Å². The maximum absolute atomic E-state index is 12.9. The van der Waals surface area contributed by atoms with E-state index in [1.807, 2.05) is 24.3 Å². The summed E-state index contributed by atoms with van der Waals surface area (Å²) in [6.45, 7) is 9.32. The summed E-state index contributed by atoms with van der Waals surface area (Å²) < 4.78 is 11.0. The highest BCUT2D eigenvalue weighted by atomic mass is 32.2. The molecule has 0 spiro atoms. The molecule has 33 heavy (non-hydrogen) atoms. The quantitative estimate of drug-likeness (QED) is 0.498. The van der Waals surface area contributed by atoms with E-state index >= 15 is 0 Å². The van der Waals surface area contributed by atoms with Crippen LogP contribution in [0.2, 0.25) is 0 Å². The average molecular weight is 467 g/mol. The van der Waals surface area contributed by atoms with Gasteiger partial charge in [-0.1, -0.05) is 41.6 Å². The van der Waals surface area contributed by atoms with Crippen LogP contribution in [0.5, 0.6) is 0 Å². The van der Waals surface area contributed by atoms with Gasteiger partial charge >= 0.3 is 0 Å². The van der Waals surface area contributed by atoms with E-state index in [9.17, 15) is 4.79 Å². The van der Waals surface area contributed by atoms with Gasteiger partial charge in [-0.15, -0.1) is 11.8 Å². The van der Waals surface area contributed by atoms with Crippen molar-refractivity contribution < 1.29 is 14.1 Å². The Morgan fingerprint density at radius 3 is 2.48 bits per heavy atom. The lowest BCUT2D eigenvalue weighted by Gasteiger charge is -2.35. The third-order valence-electron chi connectivity index (χ3n) is 5.43. The summed E-state index contributed by atoms with van der Waals surface area (Å²) >= 11 is 1.51. The second-order valence-corrected chi connectivity index (χ2v) is 9.49. The molecule has 0 radical (unpaired) electrons. The molecular formula is C25H30N4O3S. The molecule has 1 aromatic heterocycles. The number of nitrogens with zero attached hydrogens (tertiary/aromatic N) is 3. The number of carbonyl (C=O) groups is 1. The van der Waals surface area contributed by atoms with Crippen LogP contribution >= 0.6 is 11.8 Å². The first kappa shape index (κ1) is 23.5. The maximum atomic E-state index is 12.9. The third kappa shape index (κ3) is 6.66. The lowest BCUT2D eigenvalue weighted by atomic mass is 10.1. The van der Waals surface area contributed by atoms with E-state index in [4.69, 9.17) is 9.26 Å². The summed E-state index contributed by atoms with van der Waals surface area (Å²) in [5.74, 6) is 1.58. The minimum atomic E-state index is -0.0971. The highest BCUT2D eigenvalue weighted by Gasteiger charge is 2.22. The minimum Gasteiger partial charge on any atom is -0.373 e. The molecule has 2 unspecified atom stereocenters. The summed E-state index contributed by atoms with van der Waals surface area (Å²) in [7, 11) is 0. The Morgan fingerprint density at radius 2 is 1.79 bits per heavy atom. The molecule has 1 saturated heterocycles. The van der Waals surface area contributed by atoms with Crippen molar-refractivity contribution in [1.82, 2.24) is 20.4 Å². The number of carbonyl (C=O) groups excluding carboxylic acids is 1. The predicted octanol–water partition coefficient (Wildman–Crippen LogP) is 4.21. The minimum absolute atomic E-state index is 0.0971. The van der Waals surface area contributed by atoms with Crippen LogP contribution in [0.3, 0.4) is 0 Å². The highest BCUT2D eigenvalue weighted by molar-refractivity contribution is 7.98. The standard InChI is InChI=1S/C25H30N4O3S/c1-17-13-29(14-18(2)31-17)15-21-10-8-20(9-11-21)12-26-25(30)22-6-4-5-7-23(22)33-16-24-27-19(3)28-32-24/h4-11,17-18H,12-16H2,1-3H3,(H,26,30). The second-order valence-electron chi connectivity index (χ2n) is 8.47. The topological polar surface area (TPSA) is 80.5 Å². The predicted molar refractivity (Wildman–Crippen MR) is 128 cm³/mol. The summed E-state index contributed by atoms with van der Waals surface area (Å²) in [5.41, 5.74) is 2.98. The van der Waals surface area contributed by atoms with Gasteiger partial charge in [0.2, 0.25) is 5.89 Å². The molecule has 1 amide bonds. The molecular weight excluding hydrogens is 436 g/mol. The molecule has 4 rings (SSSR count). The average Bonchev–Trinajstić information content (AvgIpc) is 3.21. The zero-order valence-corrected chi connectivity index (χ0v) is 20.1. The van der Waals surface area contributed by atoms with E-state index in [1.54, 1.807) is 6.92 Å². The van der Waals surface area contributed by atoms with Crippen LogP contribution in [0.25, 0.3) is 0 Å². The molecule has 1 aliphatic heterocycles. The van der Waals surface area contributed by atoms with Gasteiger partial charge in [-0.2, -0.15) is 4.98 Å². The summed E-state index contributed by atoms with van der Waals surface area (Å²) in [5, 5.41) is 6.85. The van der Waals surface area contributed by atoms with E-state index in [2.05, 4.69) is 58.5 Å². The Kier molecular flexibility index (Phi) is 7.80. The number of ether oxygens (including phenoxy) is 1. The molecule has 0 bridgehead atoms. The number of aromatic nitrogens is 2. The van der Waals surface area contributed by atoms with E-state index in [-0.39, 0.29) is 18.1 Å². The highest BCUT2D eigenvalue weighted by Crippen LogP contribution is 2.26. The van der Waals surface area contributed by atoms with Crippen LogP contribution in [0, 0.1) is 6.92 Å². The SMILES string of the molecule is Cc1noc(CSc2ccccc2C(=O)NCc2ccc(CN3CC(C)OC(C)C3)cc2)n1. The zero-order chi connectivity index (χ0) is 23.2. The molecule has 2 atom stereocenters. The Morgan fingerprint density at radius 1 is 1.09 bits per heavy atom. The van der Waals surface area contributed by atoms with Gasteiger partial charge in [0, 0.05) is 31.1 Å². The zero-order valence-electron chi connectivity index (χ0n) is 19.3. The van der Waals surface area contributed by atoms with Gasteiger partial charge in [-0.25, -0.2) is 0 Å². The number of morpholine rings is 1. The van der Waals surface area contributed by atoms with Gasteiger partial charge in [0.15, 0.2) is 5.82 Å². The number of hydrogen-bond donors (Lipinski definition) is 1. The molecule has 174 valence electrons. The Balaban J connectivity index is 1.30. The first-order chi connectivity index (χ1) is 16.0. The van der Waals surface area contributed by atoms with Gasteiger partial charge in [-0.05, 0) is 44.0 Å². The van der Waals surface area contributed by atoms with Crippen molar-refractivity contribution in [3.05, 3.63) is 76.9 Å². The molecule has 1 fully saturated rings. The molecule has 0 aliphatic carbocycles. The number of hydrogen-bond acceptors (Lipinski definition) is 7. The first-order valence-corrected chi connectivity index (χ1v) is 12.2. The van der Waals surface area contributed by atoms with Crippen molar-refractivity contribution >= 4 is 17.7 Å². The second kappa shape index (κ2) is 11.0. The lowest BCUT2D eigenvalue weighted by Crippen LogP contribution is -2.44. The van der Waals surface area contributed by atoms with Crippen LogP contribution in [-0.2, 0) is 23.6 Å². The Labute approximate surface area is 198 Å². The van der Waals surface area contributed by atoms with Crippen molar-refractivity contribution in [1.29, 1.82) is 0 Å². The molecule has 1 N–H and O–H groups in total. The van der Waals surface area contributed by atoms with Crippen molar-refractivity contribution in [3.63, 3.8) is 0 Å². The van der Waals surface area contributed by atoms with Crippen LogP contribution in [0.15, 0.2) is 57.9 Å². The van der Waals surface area contributed by atoms with Crippen molar-refractivity contribution in [2.75, 3.05) is 13.1 Å². The monoisotopic (exact) mass is 466 g/mol. The smallest absolute Gasteiger partial charge is 0.252 e. The number of rotatable bonds is 8. The first-order valence-electron chi connectivity index (χ1n) is 11.2. The third-order valence-corrected chi connectivity index (χ3v) is 6.49. The van der Waals surface area contributed by atoms with Crippen LogP contribution in [0.4, 0.5) is 0 Å². The molecule has 7 nitrogen and oxygen atoms in total. The van der Waals surface area contributed by atoms with Gasteiger partial charge in [-0.3, -0.25) is 9.69 Å². The summed E-state index contributed by atoms with van der Waals surface area (Å²) in [6, 6.07) is 16.0. The molecule has 2 heterocycles. The molecule has 2 aromatic carbocycles. The number of amides is 1. The van der Waals surface area contributed by atoms with Crippen LogP contribution in [-0.4, -0.2) is 46.2 Å². The van der Waals surface area contributed by atoms with E-state index < -0.39 is 0 Å². The fourth-order valence-electron chi connectivity index (χ4n) is 4.03. The largest absolute Gasteiger partial charge is 0.373 e. The fourth-order valence-corrected chi connectivity index (χ4v) is 4.92. The molecule has 3 aromatic rings. The van der Waals surface area contributed by atoms with Crippen molar-refractivity contribution in [2.24, 2.45) is 0 Å².